The minimum atomic E-state index is -0.753. The summed E-state index contributed by atoms with van der Waals surface area (Å²) in [6, 6.07) is 6.94. The highest BCUT2D eigenvalue weighted by molar-refractivity contribution is 5.53. The molecule has 3 rings (SSSR count). The lowest BCUT2D eigenvalue weighted by Crippen LogP contribution is -2.14. The fourth-order valence-electron chi connectivity index (χ4n) is 2.20. The molecule has 0 bridgehead atoms. The fraction of sp³-hybridized carbons (Fsp3) is 0.200. The second-order valence-corrected chi connectivity index (χ2v) is 4.62. The number of anilines is 1. The number of ether oxygens (including phenoxy) is 3. The summed E-state index contributed by atoms with van der Waals surface area (Å²) in [4.78, 5) is 0. The number of nitrogens with two attached hydrogens (primary N) is 1. The van der Waals surface area contributed by atoms with Crippen molar-refractivity contribution in [3.8, 4) is 11.5 Å². The number of fused-ring (bicyclic) bond motifs is 1. The summed E-state index contributed by atoms with van der Waals surface area (Å²) in [6.07, 6.45) is 0. The smallest absolute Gasteiger partial charge is 0.191 e. The third-order valence-electron chi connectivity index (χ3n) is 3.10. The van der Waals surface area contributed by atoms with Gasteiger partial charge in [-0.3, -0.25) is 0 Å². The summed E-state index contributed by atoms with van der Waals surface area (Å²) >= 11 is 0. The molecule has 1 heterocycles. The average Bonchev–Trinajstić information content (AvgIpc) is 2.46. The maximum Gasteiger partial charge on any atom is 0.191 e. The SMILES string of the molecule is Nc1cc2c(c(COc3c(F)cccc3F)c1)OCOC2. The van der Waals surface area contributed by atoms with E-state index in [2.05, 4.69) is 0 Å². The number of hydrogen-bond donors (Lipinski definition) is 1. The van der Waals surface area contributed by atoms with E-state index in [4.69, 9.17) is 19.9 Å². The first-order valence-electron chi connectivity index (χ1n) is 6.34. The van der Waals surface area contributed by atoms with Gasteiger partial charge in [0.15, 0.2) is 24.2 Å². The number of nitrogen functional groups attached to an aromatic ring is 1. The monoisotopic (exact) mass is 293 g/mol. The molecule has 0 saturated heterocycles. The van der Waals surface area contributed by atoms with Crippen LogP contribution in [0.2, 0.25) is 0 Å². The third kappa shape index (κ3) is 2.75. The Bertz CT molecular complexity index is 656. The van der Waals surface area contributed by atoms with E-state index in [0.717, 1.165) is 17.7 Å². The van der Waals surface area contributed by atoms with Gasteiger partial charge in [0.25, 0.3) is 0 Å². The molecule has 0 amide bonds. The summed E-state index contributed by atoms with van der Waals surface area (Å²) in [5, 5.41) is 0. The van der Waals surface area contributed by atoms with Crippen molar-refractivity contribution < 1.29 is 23.0 Å². The Morgan fingerprint density at radius 2 is 1.95 bits per heavy atom. The van der Waals surface area contributed by atoms with Gasteiger partial charge in [0, 0.05) is 16.8 Å². The van der Waals surface area contributed by atoms with E-state index in [1.54, 1.807) is 12.1 Å². The van der Waals surface area contributed by atoms with E-state index in [-0.39, 0.29) is 13.4 Å². The average molecular weight is 293 g/mol. The highest BCUT2D eigenvalue weighted by atomic mass is 19.1. The Balaban J connectivity index is 1.87. The predicted molar refractivity (Wildman–Crippen MR) is 71.8 cm³/mol. The first kappa shape index (κ1) is 13.6. The van der Waals surface area contributed by atoms with Crippen LogP contribution >= 0.6 is 0 Å². The minimum Gasteiger partial charge on any atom is -0.483 e. The third-order valence-corrected chi connectivity index (χ3v) is 3.10. The fourth-order valence-corrected chi connectivity index (χ4v) is 2.20. The molecule has 21 heavy (non-hydrogen) atoms. The lowest BCUT2D eigenvalue weighted by molar-refractivity contribution is -0.0175. The number of benzene rings is 2. The molecule has 4 nitrogen and oxygen atoms in total. The molecule has 1 aliphatic heterocycles. The summed E-state index contributed by atoms with van der Waals surface area (Å²) in [7, 11) is 0. The predicted octanol–water partition coefficient (Wildman–Crippen LogP) is 2.99. The molecule has 2 aromatic rings. The number of rotatable bonds is 3. The van der Waals surface area contributed by atoms with Crippen LogP contribution in [-0.2, 0) is 18.0 Å². The van der Waals surface area contributed by atoms with Crippen LogP contribution < -0.4 is 15.2 Å². The summed E-state index contributed by atoms with van der Waals surface area (Å²) < 4.78 is 42.9. The highest BCUT2D eigenvalue weighted by Crippen LogP contribution is 2.32. The van der Waals surface area contributed by atoms with E-state index >= 15 is 0 Å². The van der Waals surface area contributed by atoms with Gasteiger partial charge in [-0.1, -0.05) is 6.07 Å². The van der Waals surface area contributed by atoms with Crippen LogP contribution in [0, 0.1) is 11.6 Å². The largest absolute Gasteiger partial charge is 0.483 e. The second kappa shape index (κ2) is 5.57. The van der Waals surface area contributed by atoms with Gasteiger partial charge in [-0.2, -0.15) is 0 Å². The van der Waals surface area contributed by atoms with Crippen molar-refractivity contribution >= 4 is 5.69 Å². The molecule has 2 N–H and O–H groups in total. The van der Waals surface area contributed by atoms with Gasteiger partial charge in [0.1, 0.15) is 12.4 Å². The number of hydrogen-bond acceptors (Lipinski definition) is 4. The van der Waals surface area contributed by atoms with E-state index in [9.17, 15) is 8.78 Å². The van der Waals surface area contributed by atoms with Gasteiger partial charge in [0.05, 0.1) is 6.61 Å². The number of halogens is 2. The summed E-state index contributed by atoms with van der Waals surface area (Å²) in [6.45, 7) is 0.449. The molecule has 0 saturated carbocycles. The molecule has 0 spiro atoms. The maximum absolute atomic E-state index is 13.5. The van der Waals surface area contributed by atoms with Crippen LogP contribution in [0.4, 0.5) is 14.5 Å². The Labute approximate surface area is 120 Å². The van der Waals surface area contributed by atoms with Crippen molar-refractivity contribution in [3.05, 3.63) is 53.1 Å². The molecule has 0 aliphatic carbocycles. The molecule has 0 fully saturated rings. The van der Waals surface area contributed by atoms with Crippen molar-refractivity contribution in [2.24, 2.45) is 0 Å². The van der Waals surface area contributed by atoms with E-state index in [1.807, 2.05) is 0 Å². The van der Waals surface area contributed by atoms with Crippen molar-refractivity contribution in [2.45, 2.75) is 13.2 Å². The quantitative estimate of drug-likeness (QED) is 0.884. The van der Waals surface area contributed by atoms with E-state index in [0.29, 0.717) is 23.6 Å². The van der Waals surface area contributed by atoms with Crippen LogP contribution in [0.5, 0.6) is 11.5 Å². The highest BCUT2D eigenvalue weighted by Gasteiger charge is 2.18. The van der Waals surface area contributed by atoms with Gasteiger partial charge >= 0.3 is 0 Å². The van der Waals surface area contributed by atoms with Crippen molar-refractivity contribution in [2.75, 3.05) is 12.5 Å². The second-order valence-electron chi connectivity index (χ2n) is 4.62. The van der Waals surface area contributed by atoms with E-state index < -0.39 is 17.4 Å². The van der Waals surface area contributed by atoms with Crippen molar-refractivity contribution in [1.29, 1.82) is 0 Å². The molecule has 0 aromatic heterocycles. The zero-order chi connectivity index (χ0) is 14.8. The van der Waals surface area contributed by atoms with Crippen LogP contribution in [0.1, 0.15) is 11.1 Å². The van der Waals surface area contributed by atoms with Crippen LogP contribution in [0.25, 0.3) is 0 Å². The van der Waals surface area contributed by atoms with Gasteiger partial charge in [0.2, 0.25) is 0 Å². The molecule has 0 radical (unpaired) electrons. The Kier molecular flexibility index (Phi) is 3.62. The maximum atomic E-state index is 13.5. The van der Waals surface area contributed by atoms with Gasteiger partial charge in [-0.15, -0.1) is 0 Å². The van der Waals surface area contributed by atoms with E-state index in [1.165, 1.54) is 6.07 Å². The van der Waals surface area contributed by atoms with Crippen molar-refractivity contribution in [3.63, 3.8) is 0 Å². The Morgan fingerprint density at radius 3 is 2.71 bits per heavy atom. The van der Waals surface area contributed by atoms with Crippen LogP contribution in [0.3, 0.4) is 0 Å². The number of para-hydroxylation sites is 1. The van der Waals surface area contributed by atoms with Gasteiger partial charge in [-0.25, -0.2) is 8.78 Å². The first-order valence-corrected chi connectivity index (χ1v) is 6.34. The van der Waals surface area contributed by atoms with Crippen LogP contribution in [0.15, 0.2) is 30.3 Å². The standard InChI is InChI=1S/C15H13F2NO3/c16-12-2-1-3-13(17)15(12)20-7-10-5-11(18)4-9-6-19-8-21-14(9)10/h1-5H,6-8,18H2. The molecule has 6 heteroatoms. The van der Waals surface area contributed by atoms with Crippen molar-refractivity contribution in [1.82, 2.24) is 0 Å². The molecule has 1 aliphatic rings. The zero-order valence-corrected chi connectivity index (χ0v) is 11.1. The summed E-state index contributed by atoms with van der Waals surface area (Å²) in [5.41, 5.74) is 7.71. The lowest BCUT2D eigenvalue weighted by Gasteiger charge is -2.21. The minimum absolute atomic E-state index is 0.0504. The first-order chi connectivity index (χ1) is 10.1. The molecule has 2 aromatic carbocycles. The summed E-state index contributed by atoms with van der Waals surface area (Å²) in [5.74, 6) is -1.33. The zero-order valence-electron chi connectivity index (χ0n) is 11.1. The Morgan fingerprint density at radius 1 is 1.19 bits per heavy atom. The lowest BCUT2D eigenvalue weighted by atomic mass is 10.1. The van der Waals surface area contributed by atoms with Gasteiger partial charge in [-0.05, 0) is 24.3 Å². The van der Waals surface area contributed by atoms with Gasteiger partial charge < -0.3 is 19.9 Å². The molecular formula is C15H13F2NO3. The Hall–Kier alpha value is -2.34. The molecule has 0 unspecified atom stereocenters. The van der Waals surface area contributed by atoms with Crippen LogP contribution in [-0.4, -0.2) is 6.79 Å². The molecular weight excluding hydrogens is 280 g/mol. The molecule has 110 valence electrons. The molecule has 0 atom stereocenters. The normalized spacial score (nSPS) is 13.4. The topological polar surface area (TPSA) is 53.7 Å².